The van der Waals surface area contributed by atoms with Crippen LogP contribution in [0, 0.1) is 0 Å². The highest BCUT2D eigenvalue weighted by Crippen LogP contribution is 2.19. The van der Waals surface area contributed by atoms with E-state index >= 15 is 0 Å². The Balaban J connectivity index is 1.32. The summed E-state index contributed by atoms with van der Waals surface area (Å²) in [6.07, 6.45) is 3.08. The molecule has 0 bridgehead atoms. The molecule has 1 amide bonds. The zero-order valence-electron chi connectivity index (χ0n) is 18.2. The summed E-state index contributed by atoms with van der Waals surface area (Å²) >= 11 is 0. The fourth-order valence-electron chi connectivity index (χ4n) is 3.80. The molecule has 4 rings (SSSR count). The smallest absolute Gasteiger partial charge is 0.338 e. The van der Waals surface area contributed by atoms with E-state index in [0.29, 0.717) is 24.2 Å². The quantitative estimate of drug-likeness (QED) is 0.538. The number of hydrogen-bond donors (Lipinski definition) is 1. The average Bonchev–Trinajstić information content (AvgIpc) is 2.86. The molecule has 0 radical (unpaired) electrons. The number of sulfonamides is 1. The van der Waals surface area contributed by atoms with Crippen LogP contribution in [-0.4, -0.2) is 44.9 Å². The van der Waals surface area contributed by atoms with Crippen molar-refractivity contribution in [3.8, 4) is 0 Å². The Bertz CT molecular complexity index is 1250. The van der Waals surface area contributed by atoms with E-state index in [1.807, 2.05) is 24.3 Å². The fourth-order valence-corrected chi connectivity index (χ4v) is 4.85. The van der Waals surface area contributed by atoms with Crippen molar-refractivity contribution in [1.82, 2.24) is 9.62 Å². The third-order valence-corrected chi connectivity index (χ3v) is 7.12. The van der Waals surface area contributed by atoms with Crippen LogP contribution >= 0.6 is 0 Å². The van der Waals surface area contributed by atoms with Crippen LogP contribution in [0.5, 0.6) is 0 Å². The van der Waals surface area contributed by atoms with Gasteiger partial charge in [0.25, 0.3) is 5.91 Å². The monoisotopic (exact) mass is 466 g/mol. The minimum atomic E-state index is -3.69. The zero-order valence-corrected chi connectivity index (χ0v) is 19.0. The van der Waals surface area contributed by atoms with Crippen molar-refractivity contribution < 1.29 is 22.7 Å². The second-order valence-electron chi connectivity index (χ2n) is 8.05. The Kier molecular flexibility index (Phi) is 7.05. The first-order valence-corrected chi connectivity index (χ1v) is 12.4. The van der Waals surface area contributed by atoms with Gasteiger partial charge in [0, 0.05) is 19.6 Å². The van der Waals surface area contributed by atoms with Crippen LogP contribution in [0.15, 0.2) is 71.6 Å². The van der Waals surface area contributed by atoms with Crippen molar-refractivity contribution in [2.45, 2.75) is 30.7 Å². The first-order valence-electron chi connectivity index (χ1n) is 10.9. The van der Waals surface area contributed by atoms with Crippen LogP contribution in [0.25, 0.3) is 10.8 Å². The summed E-state index contributed by atoms with van der Waals surface area (Å²) in [6.45, 7) is 1.23. The van der Waals surface area contributed by atoms with Crippen molar-refractivity contribution in [1.29, 1.82) is 0 Å². The molecule has 1 aliphatic rings. The molecule has 0 saturated carbocycles. The molecule has 172 valence electrons. The number of ether oxygens (including phenoxy) is 1. The van der Waals surface area contributed by atoms with E-state index in [0.717, 1.165) is 30.0 Å². The molecule has 0 aromatic heterocycles. The molecule has 7 nitrogen and oxygen atoms in total. The summed E-state index contributed by atoms with van der Waals surface area (Å²) in [5.41, 5.74) is 1.00. The van der Waals surface area contributed by atoms with Crippen molar-refractivity contribution in [2.24, 2.45) is 0 Å². The van der Waals surface area contributed by atoms with Gasteiger partial charge < -0.3 is 9.64 Å². The highest BCUT2D eigenvalue weighted by Gasteiger charge is 2.19. The van der Waals surface area contributed by atoms with E-state index in [-0.39, 0.29) is 24.0 Å². The third-order valence-electron chi connectivity index (χ3n) is 5.72. The van der Waals surface area contributed by atoms with Crippen LogP contribution in [0.4, 0.5) is 0 Å². The Labute approximate surface area is 193 Å². The Morgan fingerprint density at radius 1 is 0.879 bits per heavy atom. The molecular weight excluding hydrogens is 440 g/mol. The first kappa shape index (κ1) is 22.9. The van der Waals surface area contributed by atoms with E-state index in [1.54, 1.807) is 47.4 Å². The van der Waals surface area contributed by atoms with Crippen molar-refractivity contribution in [3.05, 3.63) is 77.9 Å². The molecule has 1 aliphatic heterocycles. The minimum Gasteiger partial charge on any atom is -0.452 e. The van der Waals surface area contributed by atoms with Gasteiger partial charge in [-0.2, -0.15) is 0 Å². The molecule has 1 saturated heterocycles. The van der Waals surface area contributed by atoms with Gasteiger partial charge in [0.15, 0.2) is 6.61 Å². The van der Waals surface area contributed by atoms with Gasteiger partial charge in [-0.3, -0.25) is 4.79 Å². The molecule has 3 aromatic carbocycles. The molecule has 1 fully saturated rings. The predicted molar refractivity (Wildman–Crippen MR) is 125 cm³/mol. The van der Waals surface area contributed by atoms with E-state index in [9.17, 15) is 18.0 Å². The van der Waals surface area contributed by atoms with Crippen molar-refractivity contribution >= 4 is 32.7 Å². The fraction of sp³-hybridized carbons (Fsp3) is 0.280. The highest BCUT2D eigenvalue weighted by atomic mass is 32.2. The number of carbonyl (C=O) groups excluding carboxylic acids is 2. The molecule has 0 aliphatic carbocycles. The third kappa shape index (κ3) is 5.77. The first-order chi connectivity index (χ1) is 15.9. The maximum atomic E-state index is 12.7. The summed E-state index contributed by atoms with van der Waals surface area (Å²) in [6, 6.07) is 19.0. The second-order valence-corrected chi connectivity index (χ2v) is 9.81. The maximum Gasteiger partial charge on any atom is 0.338 e. The summed E-state index contributed by atoms with van der Waals surface area (Å²) in [5, 5.41) is 1.82. The van der Waals surface area contributed by atoms with Gasteiger partial charge >= 0.3 is 5.97 Å². The molecule has 0 unspecified atom stereocenters. The molecule has 1 heterocycles. The molecular formula is C25H26N2O5S. The molecule has 3 aromatic rings. The minimum absolute atomic E-state index is 0.0813. The van der Waals surface area contributed by atoms with Crippen LogP contribution in [0.1, 0.15) is 35.2 Å². The summed E-state index contributed by atoms with van der Waals surface area (Å²) in [7, 11) is -3.69. The topological polar surface area (TPSA) is 92.8 Å². The van der Waals surface area contributed by atoms with E-state index in [2.05, 4.69) is 4.72 Å². The van der Waals surface area contributed by atoms with Gasteiger partial charge in [-0.15, -0.1) is 0 Å². The molecule has 1 N–H and O–H groups in total. The zero-order chi connectivity index (χ0) is 23.3. The van der Waals surface area contributed by atoms with E-state index in [1.165, 1.54) is 0 Å². The predicted octanol–water partition coefficient (Wildman–Crippen LogP) is 3.49. The number of nitrogens with one attached hydrogen (secondary N) is 1. The molecule has 33 heavy (non-hydrogen) atoms. The van der Waals surface area contributed by atoms with E-state index in [4.69, 9.17) is 4.74 Å². The van der Waals surface area contributed by atoms with Gasteiger partial charge in [0.2, 0.25) is 10.0 Å². The van der Waals surface area contributed by atoms with Gasteiger partial charge in [-0.1, -0.05) is 42.5 Å². The lowest BCUT2D eigenvalue weighted by atomic mass is 10.1. The van der Waals surface area contributed by atoms with Gasteiger partial charge in [0.1, 0.15) is 0 Å². The number of nitrogens with zero attached hydrogens (tertiary/aromatic N) is 1. The standard InChI is InChI=1S/C25H26N2O5S/c28-24(27-14-4-1-5-15-27)18-32-25(29)21-10-8-19(9-11-21)17-26-33(30,31)23-13-12-20-6-2-3-7-22(20)16-23/h2-3,6-13,16,26H,1,4-5,14-15,17-18H2. The van der Waals surface area contributed by atoms with Crippen molar-refractivity contribution in [2.75, 3.05) is 19.7 Å². The van der Waals surface area contributed by atoms with Gasteiger partial charge in [-0.25, -0.2) is 17.9 Å². The number of likely N-dealkylation sites (tertiary alicyclic amines) is 1. The largest absolute Gasteiger partial charge is 0.452 e. The lowest BCUT2D eigenvalue weighted by Crippen LogP contribution is -2.38. The van der Waals surface area contributed by atoms with E-state index < -0.39 is 16.0 Å². The summed E-state index contributed by atoms with van der Waals surface area (Å²) in [4.78, 5) is 26.3. The lowest BCUT2D eigenvalue weighted by Gasteiger charge is -2.26. The number of hydrogen-bond acceptors (Lipinski definition) is 5. The number of fused-ring (bicyclic) bond motifs is 1. The second kappa shape index (κ2) is 10.1. The Morgan fingerprint density at radius 3 is 2.30 bits per heavy atom. The van der Waals surface area contributed by atoms with Crippen LogP contribution in [-0.2, 0) is 26.1 Å². The number of amides is 1. The molecule has 8 heteroatoms. The number of rotatable bonds is 7. The Morgan fingerprint density at radius 2 is 1.58 bits per heavy atom. The lowest BCUT2D eigenvalue weighted by molar-refractivity contribution is -0.135. The summed E-state index contributed by atoms with van der Waals surface area (Å²) in [5.74, 6) is -0.758. The normalized spacial score (nSPS) is 14.2. The van der Waals surface area contributed by atoms with Crippen LogP contribution in [0.3, 0.4) is 0 Å². The molecule has 0 atom stereocenters. The Hall–Kier alpha value is -3.23. The maximum absolute atomic E-state index is 12.7. The SMILES string of the molecule is O=C(OCC(=O)N1CCCCC1)c1ccc(CNS(=O)(=O)c2ccc3ccccc3c2)cc1. The number of carbonyl (C=O) groups is 2. The highest BCUT2D eigenvalue weighted by molar-refractivity contribution is 7.89. The number of esters is 1. The van der Waals surface area contributed by atoms with Crippen LogP contribution < -0.4 is 4.72 Å². The van der Waals surface area contributed by atoms with Crippen LogP contribution in [0.2, 0.25) is 0 Å². The molecule has 0 spiro atoms. The average molecular weight is 467 g/mol. The van der Waals surface area contributed by atoms with Gasteiger partial charge in [0.05, 0.1) is 10.5 Å². The summed E-state index contributed by atoms with van der Waals surface area (Å²) < 4.78 is 33.1. The number of piperidine rings is 1. The number of benzene rings is 3. The van der Waals surface area contributed by atoms with Gasteiger partial charge in [-0.05, 0) is 59.9 Å². The van der Waals surface area contributed by atoms with Crippen molar-refractivity contribution in [3.63, 3.8) is 0 Å².